The van der Waals surface area contributed by atoms with E-state index >= 15 is 0 Å². The standard InChI is InChI=1S/C27H22Cl2N2O3S2/c1-18-25(29)3-2-4-26(18)31-36(33,34)24-15-11-22(12-16-24)30-27(32)20-7-5-19(6-8-20)17-35-23-13-9-21(28)10-14-23/h2-16,31H,17H2,1H3,(H,30,32). The molecule has 4 rings (SSSR count). The minimum atomic E-state index is -3.81. The second-order valence-electron chi connectivity index (χ2n) is 7.94. The topological polar surface area (TPSA) is 75.3 Å². The zero-order chi connectivity index (χ0) is 25.7. The number of hydrogen-bond acceptors (Lipinski definition) is 4. The fourth-order valence-electron chi connectivity index (χ4n) is 3.29. The van der Waals surface area contributed by atoms with Gasteiger partial charge >= 0.3 is 0 Å². The van der Waals surface area contributed by atoms with E-state index in [4.69, 9.17) is 23.2 Å². The van der Waals surface area contributed by atoms with Gasteiger partial charge in [-0.25, -0.2) is 8.42 Å². The van der Waals surface area contributed by atoms with Gasteiger partial charge in [0.1, 0.15) is 0 Å². The molecule has 4 aromatic rings. The Balaban J connectivity index is 1.36. The zero-order valence-corrected chi connectivity index (χ0v) is 22.3. The summed E-state index contributed by atoms with van der Waals surface area (Å²) < 4.78 is 28.1. The third-order valence-corrected chi connectivity index (χ3v) is 8.50. The van der Waals surface area contributed by atoms with Crippen molar-refractivity contribution >= 4 is 62.3 Å². The Morgan fingerprint density at radius 2 is 1.53 bits per heavy atom. The highest BCUT2D eigenvalue weighted by Gasteiger charge is 2.16. The van der Waals surface area contributed by atoms with Gasteiger partial charge in [-0.1, -0.05) is 41.4 Å². The summed E-state index contributed by atoms with van der Waals surface area (Å²) in [6.45, 7) is 1.74. The number of rotatable bonds is 8. The monoisotopic (exact) mass is 556 g/mol. The highest BCUT2D eigenvalue weighted by molar-refractivity contribution is 7.98. The molecule has 36 heavy (non-hydrogen) atoms. The lowest BCUT2D eigenvalue weighted by Gasteiger charge is -2.12. The Morgan fingerprint density at radius 1 is 0.861 bits per heavy atom. The number of hydrogen-bond donors (Lipinski definition) is 2. The van der Waals surface area contributed by atoms with Gasteiger partial charge in [-0.2, -0.15) is 0 Å². The largest absolute Gasteiger partial charge is 0.322 e. The Morgan fingerprint density at radius 3 is 2.19 bits per heavy atom. The first-order valence-corrected chi connectivity index (χ1v) is 14.1. The Labute approximate surface area is 224 Å². The molecule has 0 radical (unpaired) electrons. The minimum Gasteiger partial charge on any atom is -0.322 e. The van der Waals surface area contributed by atoms with Crippen molar-refractivity contribution in [2.75, 3.05) is 10.0 Å². The maximum Gasteiger partial charge on any atom is 0.261 e. The van der Waals surface area contributed by atoms with Crippen molar-refractivity contribution in [1.82, 2.24) is 0 Å². The molecule has 0 aliphatic heterocycles. The molecule has 2 N–H and O–H groups in total. The minimum absolute atomic E-state index is 0.0717. The number of amides is 1. The van der Waals surface area contributed by atoms with Crippen LogP contribution in [-0.4, -0.2) is 14.3 Å². The first-order valence-electron chi connectivity index (χ1n) is 10.9. The fourth-order valence-corrected chi connectivity index (χ4v) is 5.57. The van der Waals surface area contributed by atoms with E-state index < -0.39 is 10.0 Å². The van der Waals surface area contributed by atoms with E-state index in [0.29, 0.717) is 32.5 Å². The lowest BCUT2D eigenvalue weighted by atomic mass is 10.1. The maximum atomic E-state index is 12.8. The summed E-state index contributed by atoms with van der Waals surface area (Å²) >= 11 is 13.7. The highest BCUT2D eigenvalue weighted by atomic mass is 35.5. The van der Waals surface area contributed by atoms with Gasteiger partial charge in [0, 0.05) is 31.9 Å². The molecule has 0 saturated carbocycles. The molecule has 0 spiro atoms. The number of thioether (sulfide) groups is 1. The second kappa shape index (κ2) is 11.4. The lowest BCUT2D eigenvalue weighted by molar-refractivity contribution is 0.102. The van der Waals surface area contributed by atoms with E-state index in [1.165, 1.54) is 12.1 Å². The predicted octanol–water partition coefficient (Wildman–Crippen LogP) is 7.65. The van der Waals surface area contributed by atoms with Crippen molar-refractivity contribution in [2.45, 2.75) is 22.5 Å². The van der Waals surface area contributed by atoms with Crippen LogP contribution in [0.25, 0.3) is 0 Å². The maximum absolute atomic E-state index is 12.8. The average molecular weight is 558 g/mol. The number of benzene rings is 4. The molecule has 4 aromatic carbocycles. The fraction of sp³-hybridized carbons (Fsp3) is 0.0741. The lowest BCUT2D eigenvalue weighted by Crippen LogP contribution is -2.15. The van der Waals surface area contributed by atoms with E-state index in [9.17, 15) is 13.2 Å². The zero-order valence-electron chi connectivity index (χ0n) is 19.2. The van der Waals surface area contributed by atoms with Crippen LogP contribution in [0.1, 0.15) is 21.5 Å². The van der Waals surface area contributed by atoms with E-state index in [1.54, 1.807) is 61.2 Å². The molecule has 0 aliphatic carbocycles. The number of carbonyl (C=O) groups is 1. The van der Waals surface area contributed by atoms with Crippen molar-refractivity contribution < 1.29 is 13.2 Å². The van der Waals surface area contributed by atoms with Crippen molar-refractivity contribution in [1.29, 1.82) is 0 Å². The Hall–Kier alpha value is -2.97. The van der Waals surface area contributed by atoms with E-state index in [-0.39, 0.29) is 10.8 Å². The predicted molar refractivity (Wildman–Crippen MR) is 149 cm³/mol. The van der Waals surface area contributed by atoms with Crippen LogP contribution in [0, 0.1) is 6.92 Å². The summed E-state index contributed by atoms with van der Waals surface area (Å²) in [5.74, 6) is 0.484. The van der Waals surface area contributed by atoms with Gasteiger partial charge in [0.05, 0.1) is 10.6 Å². The summed E-state index contributed by atoms with van der Waals surface area (Å²) in [6.07, 6.45) is 0. The molecule has 5 nitrogen and oxygen atoms in total. The Bertz CT molecular complexity index is 1470. The summed E-state index contributed by atoms with van der Waals surface area (Å²) in [7, 11) is -3.81. The van der Waals surface area contributed by atoms with Crippen LogP contribution in [0.4, 0.5) is 11.4 Å². The van der Waals surface area contributed by atoms with Crippen LogP contribution in [-0.2, 0) is 15.8 Å². The van der Waals surface area contributed by atoms with Gasteiger partial charge in [-0.15, -0.1) is 11.8 Å². The number of halogens is 2. The van der Waals surface area contributed by atoms with E-state index in [1.807, 2.05) is 36.4 Å². The van der Waals surface area contributed by atoms with Crippen molar-refractivity contribution in [3.8, 4) is 0 Å². The number of nitrogens with one attached hydrogen (secondary N) is 2. The molecule has 0 fully saturated rings. The summed E-state index contributed by atoms with van der Waals surface area (Å²) in [6, 6.07) is 26.0. The molecular formula is C27H22Cl2N2O3S2. The third kappa shape index (κ3) is 6.62. The molecule has 184 valence electrons. The molecule has 1 amide bonds. The number of sulfonamides is 1. The normalized spacial score (nSPS) is 11.2. The first-order chi connectivity index (χ1) is 17.2. The summed E-state index contributed by atoms with van der Waals surface area (Å²) in [5.41, 5.74) is 3.13. The van der Waals surface area contributed by atoms with Crippen LogP contribution >= 0.6 is 35.0 Å². The molecule has 0 aromatic heterocycles. The molecule has 0 aliphatic rings. The average Bonchev–Trinajstić information content (AvgIpc) is 2.87. The van der Waals surface area contributed by atoms with Crippen LogP contribution in [0.5, 0.6) is 0 Å². The highest BCUT2D eigenvalue weighted by Crippen LogP contribution is 2.27. The van der Waals surface area contributed by atoms with Crippen molar-refractivity contribution in [3.63, 3.8) is 0 Å². The second-order valence-corrected chi connectivity index (χ2v) is 11.5. The number of anilines is 2. The summed E-state index contributed by atoms with van der Waals surface area (Å²) in [5, 5.41) is 3.97. The molecule has 9 heteroatoms. The molecule has 0 heterocycles. The van der Waals surface area contributed by atoms with Crippen LogP contribution in [0.3, 0.4) is 0 Å². The quantitative estimate of drug-likeness (QED) is 0.218. The summed E-state index contributed by atoms with van der Waals surface area (Å²) in [4.78, 5) is 13.8. The van der Waals surface area contributed by atoms with Gasteiger partial charge in [0.15, 0.2) is 0 Å². The molecular weight excluding hydrogens is 535 g/mol. The molecule has 0 saturated heterocycles. The van der Waals surface area contributed by atoms with Gasteiger partial charge < -0.3 is 5.32 Å². The van der Waals surface area contributed by atoms with E-state index in [0.717, 1.165) is 16.2 Å². The molecule has 0 atom stereocenters. The van der Waals surface area contributed by atoms with Gasteiger partial charge in [0.25, 0.3) is 15.9 Å². The smallest absolute Gasteiger partial charge is 0.261 e. The van der Waals surface area contributed by atoms with Gasteiger partial charge in [-0.05, 0) is 90.8 Å². The van der Waals surface area contributed by atoms with Gasteiger partial charge in [0.2, 0.25) is 0 Å². The van der Waals surface area contributed by atoms with Crippen LogP contribution in [0.15, 0.2) is 101 Å². The van der Waals surface area contributed by atoms with Gasteiger partial charge in [-0.3, -0.25) is 9.52 Å². The van der Waals surface area contributed by atoms with Crippen LogP contribution in [0.2, 0.25) is 10.0 Å². The molecule has 0 bridgehead atoms. The van der Waals surface area contributed by atoms with Crippen molar-refractivity contribution in [3.05, 3.63) is 118 Å². The Kier molecular flexibility index (Phi) is 8.26. The SMILES string of the molecule is Cc1c(Cl)cccc1NS(=O)(=O)c1ccc(NC(=O)c2ccc(CSc3ccc(Cl)cc3)cc2)cc1. The third-order valence-electron chi connectivity index (χ3n) is 5.37. The van der Waals surface area contributed by atoms with Crippen molar-refractivity contribution in [2.24, 2.45) is 0 Å². The molecule has 0 unspecified atom stereocenters. The van der Waals surface area contributed by atoms with E-state index in [2.05, 4.69) is 10.0 Å². The van der Waals surface area contributed by atoms with Crippen LogP contribution < -0.4 is 10.0 Å². The number of carbonyl (C=O) groups excluding carboxylic acids is 1. The first kappa shape index (κ1) is 26.1.